The Morgan fingerprint density at radius 1 is 1.33 bits per heavy atom. The van der Waals surface area contributed by atoms with Gasteiger partial charge < -0.3 is 19.4 Å². The van der Waals surface area contributed by atoms with Crippen molar-refractivity contribution in [2.45, 2.75) is 77.1 Å². The molecule has 1 saturated carbocycles. The Labute approximate surface area is 159 Å². The molecule has 1 aromatic carbocycles. The zero-order valence-electron chi connectivity index (χ0n) is 16.6. The number of aryl methyl sites for hydroxylation is 1. The number of carbonyl (C=O) groups is 1. The highest BCUT2D eigenvalue weighted by molar-refractivity contribution is 5.84. The number of hydrogen-bond acceptors (Lipinski definition) is 5. The van der Waals surface area contributed by atoms with Crippen LogP contribution in [0, 0.1) is 12.3 Å². The van der Waals surface area contributed by atoms with Crippen LogP contribution in [0.5, 0.6) is 0 Å². The third-order valence-electron chi connectivity index (χ3n) is 7.41. The molecule has 0 spiro atoms. The lowest BCUT2D eigenvalue weighted by atomic mass is 9.45. The molecular weight excluding hydrogens is 344 g/mol. The summed E-state index contributed by atoms with van der Waals surface area (Å²) in [6.45, 7) is 9.29. The number of ether oxygens (including phenoxy) is 1. The van der Waals surface area contributed by atoms with Gasteiger partial charge in [-0.25, -0.2) is 0 Å². The van der Waals surface area contributed by atoms with Crippen LogP contribution in [0.3, 0.4) is 0 Å². The largest absolute Gasteiger partial charge is 0.464 e. The van der Waals surface area contributed by atoms with Crippen LogP contribution in [0.2, 0.25) is 0 Å². The Bertz CT molecular complexity index is 926. The van der Waals surface area contributed by atoms with E-state index in [0.29, 0.717) is 19.3 Å². The molecule has 2 aromatic rings. The number of esters is 1. The molecule has 1 heterocycles. The summed E-state index contributed by atoms with van der Waals surface area (Å²) in [6, 6.07) is 3.88. The topological polar surface area (TPSA) is 79.9 Å². The van der Waals surface area contributed by atoms with Crippen molar-refractivity contribution in [3.05, 3.63) is 35.1 Å². The van der Waals surface area contributed by atoms with Crippen LogP contribution in [0.1, 0.15) is 57.2 Å². The van der Waals surface area contributed by atoms with Gasteiger partial charge in [-0.15, -0.1) is 0 Å². The lowest BCUT2D eigenvalue weighted by molar-refractivity contribution is -0.249. The average Bonchev–Trinajstić information content (AvgIpc) is 3.06. The van der Waals surface area contributed by atoms with Gasteiger partial charge >= 0.3 is 5.97 Å². The van der Waals surface area contributed by atoms with E-state index in [-0.39, 0.29) is 0 Å². The van der Waals surface area contributed by atoms with Gasteiger partial charge in [0.15, 0.2) is 0 Å². The highest BCUT2D eigenvalue weighted by atomic mass is 16.6. The van der Waals surface area contributed by atoms with Gasteiger partial charge in [-0.1, -0.05) is 20.8 Å². The van der Waals surface area contributed by atoms with E-state index in [1.54, 1.807) is 6.26 Å². The van der Waals surface area contributed by atoms with Crippen molar-refractivity contribution < 1.29 is 24.2 Å². The first-order valence-corrected chi connectivity index (χ1v) is 9.62. The first-order chi connectivity index (χ1) is 12.5. The molecule has 5 nitrogen and oxygen atoms in total. The minimum Gasteiger partial charge on any atom is -0.464 e. The molecule has 4 atom stereocenters. The molecule has 146 valence electrons. The van der Waals surface area contributed by atoms with E-state index in [1.165, 1.54) is 6.92 Å². The van der Waals surface area contributed by atoms with E-state index in [0.717, 1.165) is 27.7 Å². The SMILES string of the molecule is CC(=O)O[C@H]1Cc2c(cc3occc3c2C)[C@@]2(C)[C@@H](O)CCC(C)(C)[C@]12O. The monoisotopic (exact) mass is 372 g/mol. The molecule has 4 rings (SSSR count). The van der Waals surface area contributed by atoms with Crippen molar-refractivity contribution in [1.82, 2.24) is 0 Å². The summed E-state index contributed by atoms with van der Waals surface area (Å²) in [4.78, 5) is 11.9. The Morgan fingerprint density at radius 3 is 2.70 bits per heavy atom. The molecule has 2 aliphatic rings. The van der Waals surface area contributed by atoms with Gasteiger partial charge in [0, 0.05) is 18.7 Å². The minimum absolute atomic E-state index is 0.419. The fourth-order valence-electron chi connectivity index (χ4n) is 5.80. The number of rotatable bonds is 1. The van der Waals surface area contributed by atoms with Crippen molar-refractivity contribution in [2.75, 3.05) is 0 Å². The number of aliphatic hydroxyl groups excluding tert-OH is 1. The molecule has 0 bridgehead atoms. The number of hydrogen-bond donors (Lipinski definition) is 2. The van der Waals surface area contributed by atoms with Crippen molar-refractivity contribution in [3.8, 4) is 0 Å². The zero-order valence-corrected chi connectivity index (χ0v) is 16.6. The third-order valence-corrected chi connectivity index (χ3v) is 7.41. The van der Waals surface area contributed by atoms with Gasteiger partial charge in [-0.2, -0.15) is 0 Å². The van der Waals surface area contributed by atoms with Crippen LogP contribution < -0.4 is 0 Å². The minimum atomic E-state index is -1.40. The summed E-state index contributed by atoms with van der Waals surface area (Å²) >= 11 is 0. The van der Waals surface area contributed by atoms with E-state index in [2.05, 4.69) is 0 Å². The maximum absolute atomic E-state index is 12.1. The fourth-order valence-corrected chi connectivity index (χ4v) is 5.80. The van der Waals surface area contributed by atoms with E-state index >= 15 is 0 Å². The number of benzene rings is 1. The summed E-state index contributed by atoms with van der Waals surface area (Å²) in [5.74, 6) is -0.419. The summed E-state index contributed by atoms with van der Waals surface area (Å²) < 4.78 is 11.3. The van der Waals surface area contributed by atoms with Gasteiger partial charge in [0.1, 0.15) is 17.3 Å². The van der Waals surface area contributed by atoms with Crippen LogP contribution in [-0.4, -0.2) is 34.0 Å². The lowest BCUT2D eigenvalue weighted by Gasteiger charge is -2.64. The van der Waals surface area contributed by atoms with Gasteiger partial charge in [-0.3, -0.25) is 4.79 Å². The molecular formula is C22H28O5. The average molecular weight is 372 g/mol. The third kappa shape index (κ3) is 2.15. The van der Waals surface area contributed by atoms with E-state index < -0.39 is 34.6 Å². The first-order valence-electron chi connectivity index (χ1n) is 9.62. The molecule has 5 heteroatoms. The van der Waals surface area contributed by atoms with Gasteiger partial charge in [0.25, 0.3) is 0 Å². The summed E-state index contributed by atoms with van der Waals surface area (Å²) in [5, 5.41) is 24.3. The van der Waals surface area contributed by atoms with Crippen molar-refractivity contribution in [3.63, 3.8) is 0 Å². The quantitative estimate of drug-likeness (QED) is 0.750. The van der Waals surface area contributed by atoms with E-state index in [4.69, 9.17) is 9.15 Å². The molecule has 1 aromatic heterocycles. The maximum atomic E-state index is 12.1. The number of fused-ring (bicyclic) bond motifs is 4. The van der Waals surface area contributed by atoms with Crippen molar-refractivity contribution in [2.24, 2.45) is 5.41 Å². The molecule has 1 fully saturated rings. The number of carbonyl (C=O) groups excluding carboxylic acids is 1. The van der Waals surface area contributed by atoms with Gasteiger partial charge in [0.05, 0.1) is 17.8 Å². The lowest BCUT2D eigenvalue weighted by Crippen LogP contribution is -2.74. The molecule has 0 amide bonds. The number of furan rings is 1. The standard InChI is InChI=1S/C22H28O5/c1-12-14-7-9-26-17(14)11-16-15(12)10-19(27-13(2)23)22(25)20(3,4)8-6-18(24)21(16,22)5/h7,9,11,18-19,24-25H,6,8,10H2,1-5H3/t18-,19-,21-,22+/m0/s1. The molecule has 0 saturated heterocycles. The van der Waals surface area contributed by atoms with E-state index in [1.807, 2.05) is 39.8 Å². The maximum Gasteiger partial charge on any atom is 0.303 e. The molecule has 0 radical (unpaired) electrons. The van der Waals surface area contributed by atoms with Crippen LogP contribution in [0.4, 0.5) is 0 Å². The summed E-state index contributed by atoms with van der Waals surface area (Å²) in [5.41, 5.74) is 0.804. The Hall–Kier alpha value is -1.85. The Balaban J connectivity index is 2.06. The highest BCUT2D eigenvalue weighted by Crippen LogP contribution is 2.61. The van der Waals surface area contributed by atoms with Gasteiger partial charge in [0.2, 0.25) is 0 Å². The normalized spacial score (nSPS) is 34.8. The molecule has 0 aliphatic heterocycles. The van der Waals surface area contributed by atoms with Crippen LogP contribution in [0.15, 0.2) is 22.8 Å². The van der Waals surface area contributed by atoms with Crippen LogP contribution in [0.25, 0.3) is 11.0 Å². The molecule has 27 heavy (non-hydrogen) atoms. The predicted molar refractivity (Wildman–Crippen MR) is 102 cm³/mol. The second-order valence-corrected chi connectivity index (χ2v) is 9.07. The fraction of sp³-hybridized carbons (Fsp3) is 0.591. The van der Waals surface area contributed by atoms with Crippen LogP contribution in [-0.2, 0) is 21.4 Å². The molecule has 2 aliphatic carbocycles. The van der Waals surface area contributed by atoms with Crippen LogP contribution >= 0.6 is 0 Å². The Morgan fingerprint density at radius 2 is 2.04 bits per heavy atom. The number of aliphatic hydroxyl groups is 2. The molecule has 2 N–H and O–H groups in total. The summed E-state index contributed by atoms with van der Waals surface area (Å²) in [6.07, 6.45) is 1.83. The first kappa shape index (κ1) is 18.5. The van der Waals surface area contributed by atoms with E-state index in [9.17, 15) is 15.0 Å². The van der Waals surface area contributed by atoms with Gasteiger partial charge in [-0.05, 0) is 54.0 Å². The predicted octanol–water partition coefficient (Wildman–Crippen LogP) is 3.40. The van der Waals surface area contributed by atoms with Crippen molar-refractivity contribution >= 4 is 16.9 Å². The summed E-state index contributed by atoms with van der Waals surface area (Å²) in [7, 11) is 0. The second kappa shape index (κ2) is 5.58. The Kier molecular flexibility index (Phi) is 3.83. The van der Waals surface area contributed by atoms with Crippen molar-refractivity contribution in [1.29, 1.82) is 0 Å². The second-order valence-electron chi connectivity index (χ2n) is 9.07. The smallest absolute Gasteiger partial charge is 0.303 e. The highest BCUT2D eigenvalue weighted by Gasteiger charge is 2.69. The molecule has 0 unspecified atom stereocenters. The zero-order chi connectivity index (χ0) is 19.8.